The summed E-state index contributed by atoms with van der Waals surface area (Å²) in [5, 5.41) is 6.66. The topological polar surface area (TPSA) is 108 Å². The van der Waals surface area contributed by atoms with Gasteiger partial charge in [0.25, 0.3) is 11.3 Å². The molecule has 3 aromatic rings. The van der Waals surface area contributed by atoms with Crippen molar-refractivity contribution in [3.63, 3.8) is 0 Å². The van der Waals surface area contributed by atoms with Gasteiger partial charge >= 0.3 is 0 Å². The molecule has 0 saturated carbocycles. The third kappa shape index (κ3) is 3.30. The van der Waals surface area contributed by atoms with Crippen LogP contribution in [-0.2, 0) is 11.3 Å². The highest BCUT2D eigenvalue weighted by atomic mass is 16.5. The minimum absolute atomic E-state index is 0.150. The SMILES string of the molecule is COc1cc(NC(=O)Cn2cnc3onc(C)c3c2=O)cc(OC)c1. The number of anilines is 1. The normalized spacial score (nSPS) is 10.7. The predicted molar refractivity (Wildman–Crippen MR) is 89.0 cm³/mol. The Kier molecular flexibility index (Phi) is 4.38. The van der Waals surface area contributed by atoms with E-state index in [1.165, 1.54) is 25.1 Å². The molecule has 0 radical (unpaired) electrons. The number of hydrogen-bond acceptors (Lipinski definition) is 7. The fourth-order valence-electron chi connectivity index (χ4n) is 2.36. The maximum atomic E-state index is 12.4. The van der Waals surface area contributed by atoms with Gasteiger partial charge in [-0.2, -0.15) is 0 Å². The third-order valence-corrected chi connectivity index (χ3v) is 3.58. The number of carbonyl (C=O) groups excluding carboxylic acids is 1. The molecule has 0 aliphatic rings. The number of aryl methyl sites for hydroxylation is 1. The standard InChI is InChI=1S/C16H16N4O5/c1-9-14-15(25-19-9)17-8-20(16(14)22)7-13(21)18-10-4-11(23-2)6-12(5-10)24-3/h4-6,8H,7H2,1-3H3,(H,18,21). The van der Waals surface area contributed by atoms with E-state index in [0.29, 0.717) is 22.9 Å². The zero-order valence-corrected chi connectivity index (χ0v) is 13.9. The largest absolute Gasteiger partial charge is 0.497 e. The van der Waals surface area contributed by atoms with E-state index in [9.17, 15) is 9.59 Å². The van der Waals surface area contributed by atoms with Crippen LogP contribution >= 0.6 is 0 Å². The Bertz CT molecular complexity index is 970. The van der Waals surface area contributed by atoms with Crippen LogP contribution in [0, 0.1) is 6.92 Å². The first-order valence-electron chi connectivity index (χ1n) is 7.36. The van der Waals surface area contributed by atoms with Crippen molar-refractivity contribution in [3.05, 3.63) is 40.6 Å². The molecule has 130 valence electrons. The van der Waals surface area contributed by atoms with Gasteiger partial charge in [-0.3, -0.25) is 14.2 Å². The van der Waals surface area contributed by atoms with E-state index in [0.717, 1.165) is 0 Å². The van der Waals surface area contributed by atoms with Crippen molar-refractivity contribution in [1.29, 1.82) is 0 Å². The number of carbonyl (C=O) groups is 1. The number of nitrogens with one attached hydrogen (secondary N) is 1. The highest BCUT2D eigenvalue weighted by Gasteiger charge is 2.14. The summed E-state index contributed by atoms with van der Waals surface area (Å²) in [6.45, 7) is 1.44. The van der Waals surface area contributed by atoms with E-state index < -0.39 is 5.91 Å². The second-order valence-corrected chi connectivity index (χ2v) is 5.28. The van der Waals surface area contributed by atoms with Crippen LogP contribution in [0.15, 0.2) is 33.8 Å². The molecule has 2 heterocycles. The summed E-state index contributed by atoms with van der Waals surface area (Å²) < 4.78 is 16.4. The summed E-state index contributed by atoms with van der Waals surface area (Å²) in [5.41, 5.74) is 0.683. The molecule has 0 atom stereocenters. The molecule has 2 aromatic heterocycles. The molecule has 1 N–H and O–H groups in total. The molecule has 25 heavy (non-hydrogen) atoms. The first-order chi connectivity index (χ1) is 12.0. The van der Waals surface area contributed by atoms with Crippen molar-refractivity contribution < 1.29 is 18.8 Å². The van der Waals surface area contributed by atoms with Gasteiger partial charge in [0.1, 0.15) is 29.8 Å². The van der Waals surface area contributed by atoms with Crippen LogP contribution in [0.25, 0.3) is 11.1 Å². The Hall–Kier alpha value is -3.36. The molecule has 0 bridgehead atoms. The second-order valence-electron chi connectivity index (χ2n) is 5.28. The fraction of sp³-hybridized carbons (Fsp3) is 0.250. The molecule has 1 amide bonds. The van der Waals surface area contributed by atoms with Crippen LogP contribution in [-0.4, -0.2) is 34.8 Å². The van der Waals surface area contributed by atoms with Crippen molar-refractivity contribution >= 4 is 22.7 Å². The molecule has 0 aliphatic heterocycles. The zero-order chi connectivity index (χ0) is 18.0. The highest BCUT2D eigenvalue weighted by Crippen LogP contribution is 2.25. The lowest BCUT2D eigenvalue weighted by Crippen LogP contribution is -2.27. The van der Waals surface area contributed by atoms with Gasteiger partial charge in [-0.15, -0.1) is 0 Å². The van der Waals surface area contributed by atoms with Crippen LogP contribution < -0.4 is 20.3 Å². The smallest absolute Gasteiger partial charge is 0.267 e. The van der Waals surface area contributed by atoms with Gasteiger partial charge in [-0.05, 0) is 6.92 Å². The van der Waals surface area contributed by atoms with Gasteiger partial charge in [0.2, 0.25) is 5.91 Å². The molecule has 0 fully saturated rings. The Morgan fingerprint density at radius 2 is 1.92 bits per heavy atom. The molecule has 0 aliphatic carbocycles. The summed E-state index contributed by atoms with van der Waals surface area (Å²) in [7, 11) is 3.03. The first kappa shape index (κ1) is 16.5. The minimum atomic E-state index is -0.396. The number of aromatic nitrogens is 3. The minimum Gasteiger partial charge on any atom is -0.497 e. The number of ether oxygens (including phenoxy) is 2. The molecular formula is C16H16N4O5. The molecule has 9 nitrogen and oxygen atoms in total. The molecular weight excluding hydrogens is 328 g/mol. The number of nitrogens with zero attached hydrogens (tertiary/aromatic N) is 3. The van der Waals surface area contributed by atoms with Crippen molar-refractivity contribution in [1.82, 2.24) is 14.7 Å². The fourth-order valence-corrected chi connectivity index (χ4v) is 2.36. The molecule has 0 saturated heterocycles. The van der Waals surface area contributed by atoms with Gasteiger partial charge in [-0.1, -0.05) is 5.16 Å². The van der Waals surface area contributed by atoms with Crippen molar-refractivity contribution in [2.45, 2.75) is 13.5 Å². The molecule has 3 rings (SSSR count). The van der Waals surface area contributed by atoms with Crippen molar-refractivity contribution in [2.75, 3.05) is 19.5 Å². The van der Waals surface area contributed by atoms with Gasteiger partial charge in [0, 0.05) is 23.9 Å². The van der Waals surface area contributed by atoms with Crippen LogP contribution in [0.3, 0.4) is 0 Å². The average Bonchev–Trinajstić information content (AvgIpc) is 2.98. The summed E-state index contributed by atoms with van der Waals surface area (Å²) in [6, 6.07) is 4.98. The highest BCUT2D eigenvalue weighted by molar-refractivity contribution is 5.91. The number of fused-ring (bicyclic) bond motifs is 1. The number of hydrogen-bond donors (Lipinski definition) is 1. The Morgan fingerprint density at radius 1 is 1.24 bits per heavy atom. The summed E-state index contributed by atoms with van der Waals surface area (Å²) in [6.07, 6.45) is 1.25. The van der Waals surface area contributed by atoms with E-state index >= 15 is 0 Å². The number of amides is 1. The number of benzene rings is 1. The van der Waals surface area contributed by atoms with E-state index in [2.05, 4.69) is 15.5 Å². The lowest BCUT2D eigenvalue weighted by Gasteiger charge is -2.10. The van der Waals surface area contributed by atoms with Crippen LogP contribution in [0.4, 0.5) is 5.69 Å². The van der Waals surface area contributed by atoms with E-state index in [-0.39, 0.29) is 23.2 Å². The van der Waals surface area contributed by atoms with E-state index in [4.69, 9.17) is 14.0 Å². The quantitative estimate of drug-likeness (QED) is 0.744. The first-order valence-corrected chi connectivity index (χ1v) is 7.36. The van der Waals surface area contributed by atoms with Gasteiger partial charge in [-0.25, -0.2) is 4.98 Å². The molecule has 0 spiro atoms. The number of rotatable bonds is 5. The maximum Gasteiger partial charge on any atom is 0.267 e. The lowest BCUT2D eigenvalue weighted by molar-refractivity contribution is -0.116. The second kappa shape index (κ2) is 6.63. The van der Waals surface area contributed by atoms with Crippen molar-refractivity contribution in [3.8, 4) is 11.5 Å². The van der Waals surface area contributed by atoms with E-state index in [1.54, 1.807) is 25.1 Å². The molecule has 9 heteroatoms. The Balaban J connectivity index is 1.82. The van der Waals surface area contributed by atoms with E-state index in [1.807, 2.05) is 0 Å². The number of methoxy groups -OCH3 is 2. The van der Waals surface area contributed by atoms with Crippen LogP contribution in [0.5, 0.6) is 11.5 Å². The third-order valence-electron chi connectivity index (χ3n) is 3.58. The summed E-state index contributed by atoms with van der Waals surface area (Å²) >= 11 is 0. The monoisotopic (exact) mass is 344 g/mol. The molecule has 1 aromatic carbocycles. The van der Waals surface area contributed by atoms with Gasteiger partial charge < -0.3 is 19.3 Å². The van der Waals surface area contributed by atoms with Gasteiger partial charge in [0.15, 0.2) is 0 Å². The summed E-state index contributed by atoms with van der Waals surface area (Å²) in [5.74, 6) is 0.678. The summed E-state index contributed by atoms with van der Waals surface area (Å²) in [4.78, 5) is 28.7. The Labute approximate surface area is 142 Å². The predicted octanol–water partition coefficient (Wildman–Crippen LogP) is 1.35. The van der Waals surface area contributed by atoms with Crippen molar-refractivity contribution in [2.24, 2.45) is 0 Å². The average molecular weight is 344 g/mol. The lowest BCUT2D eigenvalue weighted by atomic mass is 10.2. The Morgan fingerprint density at radius 3 is 2.56 bits per heavy atom. The molecule has 0 unspecified atom stereocenters. The van der Waals surface area contributed by atoms with Gasteiger partial charge in [0.05, 0.1) is 19.9 Å². The van der Waals surface area contributed by atoms with Crippen LogP contribution in [0.1, 0.15) is 5.69 Å². The van der Waals surface area contributed by atoms with Crippen LogP contribution in [0.2, 0.25) is 0 Å². The maximum absolute atomic E-state index is 12.4. The zero-order valence-electron chi connectivity index (χ0n) is 13.9.